The molecule has 0 aromatic heterocycles. The fourth-order valence-corrected chi connectivity index (χ4v) is 2.12. The van der Waals surface area contributed by atoms with Crippen LogP contribution in [0, 0.1) is 12.8 Å². The van der Waals surface area contributed by atoms with E-state index in [0.717, 1.165) is 19.4 Å². The van der Waals surface area contributed by atoms with Crippen molar-refractivity contribution < 1.29 is 4.79 Å². The molecule has 0 aliphatic carbocycles. The van der Waals surface area contributed by atoms with Crippen LogP contribution in [0.5, 0.6) is 0 Å². The molecule has 2 N–H and O–H groups in total. The Kier molecular flexibility index (Phi) is 7.31. The number of hydrogen-bond donors (Lipinski definition) is 1. The zero-order chi connectivity index (χ0) is 15.0. The molecule has 20 heavy (non-hydrogen) atoms. The molecule has 0 heterocycles. The predicted octanol–water partition coefficient (Wildman–Crippen LogP) is 3.11. The summed E-state index contributed by atoms with van der Waals surface area (Å²) in [4.78, 5) is 14.3. The van der Waals surface area contributed by atoms with Crippen molar-refractivity contribution in [2.24, 2.45) is 11.7 Å². The summed E-state index contributed by atoms with van der Waals surface area (Å²) >= 11 is 0. The van der Waals surface area contributed by atoms with E-state index in [9.17, 15) is 4.79 Å². The van der Waals surface area contributed by atoms with Crippen molar-refractivity contribution in [2.75, 3.05) is 13.1 Å². The number of hydrogen-bond acceptors (Lipinski definition) is 2. The van der Waals surface area contributed by atoms with Gasteiger partial charge in [-0.05, 0) is 37.8 Å². The van der Waals surface area contributed by atoms with Gasteiger partial charge in [-0.2, -0.15) is 0 Å². The summed E-state index contributed by atoms with van der Waals surface area (Å²) in [6.45, 7) is 8.47. The second-order valence-electron chi connectivity index (χ2n) is 5.68. The van der Waals surface area contributed by atoms with Gasteiger partial charge >= 0.3 is 0 Å². The van der Waals surface area contributed by atoms with E-state index in [0.29, 0.717) is 25.4 Å². The van der Waals surface area contributed by atoms with Gasteiger partial charge < -0.3 is 10.6 Å². The highest BCUT2D eigenvalue weighted by atomic mass is 16.2. The summed E-state index contributed by atoms with van der Waals surface area (Å²) in [6, 6.07) is 8.41. The second-order valence-corrected chi connectivity index (χ2v) is 5.68. The molecule has 112 valence electrons. The molecule has 0 saturated carbocycles. The lowest BCUT2D eigenvalue weighted by atomic mass is 10.1. The lowest BCUT2D eigenvalue weighted by molar-refractivity contribution is -0.132. The first-order valence-corrected chi connectivity index (χ1v) is 7.60. The molecule has 0 aliphatic rings. The molecule has 0 spiro atoms. The molecule has 3 heteroatoms. The van der Waals surface area contributed by atoms with Gasteiger partial charge in [0.1, 0.15) is 0 Å². The van der Waals surface area contributed by atoms with Crippen LogP contribution in [-0.2, 0) is 11.3 Å². The van der Waals surface area contributed by atoms with Crippen LogP contribution in [0.1, 0.15) is 44.2 Å². The minimum absolute atomic E-state index is 0.243. The maximum absolute atomic E-state index is 12.3. The monoisotopic (exact) mass is 276 g/mol. The van der Waals surface area contributed by atoms with Crippen LogP contribution < -0.4 is 5.73 Å². The third kappa shape index (κ3) is 5.74. The first kappa shape index (κ1) is 16.7. The number of amides is 1. The van der Waals surface area contributed by atoms with Gasteiger partial charge in [0.2, 0.25) is 5.91 Å². The molecule has 1 atom stereocenters. The maximum Gasteiger partial charge on any atom is 0.222 e. The van der Waals surface area contributed by atoms with Crippen molar-refractivity contribution in [2.45, 2.75) is 46.6 Å². The number of benzene rings is 1. The van der Waals surface area contributed by atoms with E-state index in [2.05, 4.69) is 45.0 Å². The van der Waals surface area contributed by atoms with E-state index < -0.39 is 0 Å². The zero-order valence-corrected chi connectivity index (χ0v) is 13.1. The first-order chi connectivity index (χ1) is 9.56. The Balaban J connectivity index is 2.58. The Morgan fingerprint density at radius 1 is 1.30 bits per heavy atom. The van der Waals surface area contributed by atoms with Crippen molar-refractivity contribution in [1.82, 2.24) is 4.90 Å². The van der Waals surface area contributed by atoms with Crippen molar-refractivity contribution >= 4 is 5.91 Å². The van der Waals surface area contributed by atoms with Crippen molar-refractivity contribution in [3.63, 3.8) is 0 Å². The summed E-state index contributed by atoms with van der Waals surface area (Å²) < 4.78 is 0. The summed E-state index contributed by atoms with van der Waals surface area (Å²) in [7, 11) is 0. The predicted molar refractivity (Wildman–Crippen MR) is 84.3 cm³/mol. The molecule has 3 nitrogen and oxygen atoms in total. The molecule has 1 amide bonds. The highest BCUT2D eigenvalue weighted by molar-refractivity contribution is 5.76. The van der Waals surface area contributed by atoms with Crippen molar-refractivity contribution in [3.8, 4) is 0 Å². The standard InChI is InChI=1S/C17H28N2O/c1-4-11-19(17(20)10-7-15(3)12-18)13-16-8-5-14(2)6-9-16/h5-6,8-9,15H,4,7,10-13,18H2,1-3H3. The minimum atomic E-state index is 0.243. The summed E-state index contributed by atoms with van der Waals surface area (Å²) in [5, 5.41) is 0. The van der Waals surface area contributed by atoms with Gasteiger partial charge in [0.25, 0.3) is 0 Å². The van der Waals surface area contributed by atoms with Gasteiger partial charge in [-0.15, -0.1) is 0 Å². The van der Waals surface area contributed by atoms with Gasteiger partial charge in [0, 0.05) is 19.5 Å². The first-order valence-electron chi connectivity index (χ1n) is 7.60. The van der Waals surface area contributed by atoms with Crippen LogP contribution in [0.4, 0.5) is 0 Å². The highest BCUT2D eigenvalue weighted by Crippen LogP contribution is 2.11. The molecular weight excluding hydrogens is 248 g/mol. The lowest BCUT2D eigenvalue weighted by Gasteiger charge is -2.23. The summed E-state index contributed by atoms with van der Waals surface area (Å²) in [5.74, 6) is 0.662. The van der Waals surface area contributed by atoms with Crippen LogP contribution in [-0.4, -0.2) is 23.9 Å². The molecule has 0 fully saturated rings. The molecule has 1 aromatic rings. The molecule has 1 unspecified atom stereocenters. The maximum atomic E-state index is 12.3. The van der Waals surface area contributed by atoms with E-state index in [1.807, 2.05) is 4.90 Å². The molecule has 0 aliphatic heterocycles. The van der Waals surface area contributed by atoms with Crippen LogP contribution in [0.3, 0.4) is 0 Å². The quantitative estimate of drug-likeness (QED) is 0.793. The van der Waals surface area contributed by atoms with Crippen molar-refractivity contribution in [1.29, 1.82) is 0 Å². The number of aryl methyl sites for hydroxylation is 1. The number of carbonyl (C=O) groups excluding carboxylic acids is 1. The van der Waals surface area contributed by atoms with Gasteiger partial charge in [-0.1, -0.05) is 43.7 Å². The Bertz CT molecular complexity index is 400. The number of nitrogens with zero attached hydrogens (tertiary/aromatic N) is 1. The molecule has 0 saturated heterocycles. The van der Waals surface area contributed by atoms with E-state index in [1.54, 1.807) is 0 Å². The minimum Gasteiger partial charge on any atom is -0.338 e. The van der Waals surface area contributed by atoms with E-state index in [4.69, 9.17) is 5.73 Å². The van der Waals surface area contributed by atoms with E-state index in [1.165, 1.54) is 11.1 Å². The summed E-state index contributed by atoms with van der Waals surface area (Å²) in [6.07, 6.45) is 2.47. The van der Waals surface area contributed by atoms with Gasteiger partial charge in [-0.25, -0.2) is 0 Å². The van der Waals surface area contributed by atoms with E-state index in [-0.39, 0.29) is 5.91 Å². The lowest BCUT2D eigenvalue weighted by Crippen LogP contribution is -2.31. The third-order valence-electron chi connectivity index (χ3n) is 3.59. The van der Waals surface area contributed by atoms with Gasteiger partial charge in [0.15, 0.2) is 0 Å². The zero-order valence-electron chi connectivity index (χ0n) is 13.1. The fraction of sp³-hybridized carbons (Fsp3) is 0.588. The van der Waals surface area contributed by atoms with Crippen LogP contribution in [0.15, 0.2) is 24.3 Å². The highest BCUT2D eigenvalue weighted by Gasteiger charge is 2.14. The topological polar surface area (TPSA) is 46.3 Å². The Morgan fingerprint density at radius 2 is 1.95 bits per heavy atom. The molecule has 0 radical (unpaired) electrons. The smallest absolute Gasteiger partial charge is 0.222 e. The Morgan fingerprint density at radius 3 is 2.50 bits per heavy atom. The Labute approximate surface area is 123 Å². The van der Waals surface area contributed by atoms with Gasteiger partial charge in [-0.3, -0.25) is 4.79 Å². The number of nitrogens with two attached hydrogens (primary N) is 1. The molecule has 0 bridgehead atoms. The fourth-order valence-electron chi connectivity index (χ4n) is 2.12. The molecule has 1 rings (SSSR count). The average Bonchev–Trinajstić information content (AvgIpc) is 2.46. The Hall–Kier alpha value is -1.35. The van der Waals surface area contributed by atoms with Crippen LogP contribution >= 0.6 is 0 Å². The molecule has 1 aromatic carbocycles. The SMILES string of the molecule is CCCN(Cc1ccc(C)cc1)C(=O)CCC(C)CN. The van der Waals surface area contributed by atoms with Crippen LogP contribution in [0.2, 0.25) is 0 Å². The summed E-state index contributed by atoms with van der Waals surface area (Å²) in [5.41, 5.74) is 8.05. The molecular formula is C17H28N2O. The normalized spacial score (nSPS) is 12.2. The van der Waals surface area contributed by atoms with Gasteiger partial charge in [0.05, 0.1) is 0 Å². The number of rotatable bonds is 8. The van der Waals surface area contributed by atoms with Crippen molar-refractivity contribution in [3.05, 3.63) is 35.4 Å². The number of carbonyl (C=O) groups is 1. The van der Waals surface area contributed by atoms with Crippen LogP contribution in [0.25, 0.3) is 0 Å². The second kappa shape index (κ2) is 8.75. The average molecular weight is 276 g/mol. The third-order valence-corrected chi connectivity index (χ3v) is 3.59. The largest absolute Gasteiger partial charge is 0.338 e. The van der Waals surface area contributed by atoms with E-state index >= 15 is 0 Å².